The van der Waals surface area contributed by atoms with Gasteiger partial charge in [-0.1, -0.05) is 62.4 Å². The van der Waals surface area contributed by atoms with E-state index in [4.69, 9.17) is 4.98 Å². The highest BCUT2D eigenvalue weighted by Crippen LogP contribution is 2.34. The first-order chi connectivity index (χ1) is 21.9. The maximum absolute atomic E-state index is 13.7. The summed E-state index contributed by atoms with van der Waals surface area (Å²) in [6.07, 6.45) is 8.07. The highest BCUT2D eigenvalue weighted by molar-refractivity contribution is 6.04. The van der Waals surface area contributed by atoms with Crippen LogP contribution in [0.1, 0.15) is 63.3 Å². The van der Waals surface area contributed by atoms with Crippen LogP contribution in [-0.2, 0) is 4.79 Å². The number of guanidine groups is 1. The number of aliphatic imine (C=N–C) groups is 1. The Labute approximate surface area is 265 Å². The van der Waals surface area contributed by atoms with Crippen LogP contribution in [0.4, 0.5) is 0 Å². The summed E-state index contributed by atoms with van der Waals surface area (Å²) in [5.41, 5.74) is 6.54. The lowest BCUT2D eigenvalue weighted by Gasteiger charge is -2.30. The van der Waals surface area contributed by atoms with Gasteiger partial charge in [0.1, 0.15) is 17.7 Å². The molecule has 7 rings (SSSR count). The molecular weight excluding hydrogens is 561 g/mol. The normalized spacial score (nSPS) is 20.9. The number of aromatic amines is 2. The van der Waals surface area contributed by atoms with Crippen LogP contribution in [0.3, 0.4) is 0 Å². The molecule has 0 unspecified atom stereocenters. The van der Waals surface area contributed by atoms with E-state index in [1.54, 1.807) is 0 Å². The number of hydrogen-bond acceptors (Lipinski definition) is 7. The molecular formula is C34H42BN9O. The summed E-state index contributed by atoms with van der Waals surface area (Å²) in [6, 6.07) is 17.2. The van der Waals surface area contributed by atoms with Gasteiger partial charge < -0.3 is 30.3 Å². The van der Waals surface area contributed by atoms with Crippen molar-refractivity contribution >= 4 is 19.8 Å². The average molecular weight is 604 g/mol. The summed E-state index contributed by atoms with van der Waals surface area (Å²) in [4.78, 5) is 39.0. The van der Waals surface area contributed by atoms with Crippen molar-refractivity contribution in [2.45, 2.75) is 57.7 Å². The van der Waals surface area contributed by atoms with E-state index in [1.165, 1.54) is 6.42 Å². The van der Waals surface area contributed by atoms with Crippen molar-refractivity contribution in [3.8, 4) is 33.6 Å². The van der Waals surface area contributed by atoms with Crippen LogP contribution < -0.4 is 10.6 Å². The van der Waals surface area contributed by atoms with Gasteiger partial charge >= 0.3 is 0 Å². The van der Waals surface area contributed by atoms with Crippen molar-refractivity contribution in [1.82, 2.24) is 40.3 Å². The van der Waals surface area contributed by atoms with E-state index >= 15 is 0 Å². The molecule has 2 aromatic heterocycles. The maximum atomic E-state index is 13.7. The molecule has 3 atom stereocenters. The third-order valence-corrected chi connectivity index (χ3v) is 9.50. The van der Waals surface area contributed by atoms with Crippen LogP contribution in [-0.4, -0.2) is 81.7 Å². The van der Waals surface area contributed by atoms with Gasteiger partial charge in [-0.15, -0.1) is 0 Å². The first-order valence-corrected chi connectivity index (χ1v) is 16.3. The number of rotatable bonds is 8. The highest BCUT2D eigenvalue weighted by Gasteiger charge is 2.37. The highest BCUT2D eigenvalue weighted by atomic mass is 16.2. The zero-order valence-corrected chi connectivity index (χ0v) is 26.4. The van der Waals surface area contributed by atoms with Gasteiger partial charge in [0.2, 0.25) is 5.91 Å². The van der Waals surface area contributed by atoms with Crippen molar-refractivity contribution < 1.29 is 4.79 Å². The second-order valence-electron chi connectivity index (χ2n) is 12.9. The standard InChI is InChI=1S/C34H42BN9O/c1-21(2)30(42-34-36-15-16-37-34)33(45)43-17-3-5-28(43)31-38-19-26(40-31)24-11-7-22(8-12-24)23-9-13-25(14-10-23)27-20-39-32(41-27)29-6-4-18-44(29)35/h7-14,19-21,28-30H,3-6,15-18,35H2,1-2H3,(H,38,40)(H,39,41)(H2,36,37,42)/t28-,29-,30+/m0/s1. The van der Waals surface area contributed by atoms with Crippen LogP contribution >= 0.6 is 0 Å². The van der Waals surface area contributed by atoms with Crippen molar-refractivity contribution in [3.63, 3.8) is 0 Å². The van der Waals surface area contributed by atoms with Gasteiger partial charge in [0.15, 0.2) is 13.9 Å². The molecule has 0 bridgehead atoms. The minimum atomic E-state index is -0.332. The molecule has 3 aliphatic rings. The Morgan fingerprint density at radius 3 is 1.93 bits per heavy atom. The number of hydrogen-bond donors (Lipinski definition) is 4. The zero-order valence-electron chi connectivity index (χ0n) is 26.4. The molecule has 0 aliphatic carbocycles. The van der Waals surface area contributed by atoms with Gasteiger partial charge in [0.25, 0.3) is 0 Å². The molecule has 0 saturated carbocycles. The van der Waals surface area contributed by atoms with Gasteiger partial charge in [0.05, 0.1) is 42.4 Å². The second-order valence-corrected chi connectivity index (χ2v) is 12.9. The molecule has 10 nitrogen and oxygen atoms in total. The summed E-state index contributed by atoms with van der Waals surface area (Å²) in [6.45, 7) is 7.55. The number of aromatic nitrogens is 4. The van der Waals surface area contributed by atoms with Crippen molar-refractivity contribution in [3.05, 3.63) is 72.6 Å². The van der Waals surface area contributed by atoms with Gasteiger partial charge in [0, 0.05) is 13.1 Å². The Kier molecular flexibility index (Phi) is 8.19. The summed E-state index contributed by atoms with van der Waals surface area (Å²) in [5.74, 6) is 2.86. The lowest BCUT2D eigenvalue weighted by molar-refractivity contribution is -0.135. The Balaban J connectivity index is 1.02. The molecule has 2 aromatic carbocycles. The lowest BCUT2D eigenvalue weighted by Crippen LogP contribution is -2.53. The number of likely N-dealkylation sites (tertiary alicyclic amines) is 1. The van der Waals surface area contributed by atoms with E-state index in [-0.39, 0.29) is 23.9 Å². The van der Waals surface area contributed by atoms with Crippen LogP contribution in [0.2, 0.25) is 0 Å². The number of imidazole rings is 2. The smallest absolute Gasteiger partial charge is 0.246 e. The average Bonchev–Trinajstić information content (AvgIpc) is 3.89. The van der Waals surface area contributed by atoms with Crippen LogP contribution in [0, 0.1) is 5.92 Å². The number of nitrogens with zero attached hydrogens (tertiary/aromatic N) is 5. The predicted molar refractivity (Wildman–Crippen MR) is 180 cm³/mol. The first kappa shape index (κ1) is 29.3. The SMILES string of the molecule is BN1CCC[C@H]1c1ncc(-c2ccc(-c3ccc(-c4cnc([C@@H]5CCCN5C(=O)[C@H](NC5=NCCN5)C(C)C)[nH]4)cc3)cc2)[nH]1. The van der Waals surface area contributed by atoms with Crippen LogP contribution in [0.5, 0.6) is 0 Å². The molecule has 11 heteroatoms. The van der Waals surface area contributed by atoms with E-state index in [0.29, 0.717) is 6.04 Å². The number of carbonyl (C=O) groups is 1. The molecule has 45 heavy (non-hydrogen) atoms. The van der Waals surface area contributed by atoms with E-state index < -0.39 is 0 Å². The van der Waals surface area contributed by atoms with Gasteiger partial charge in [-0.25, -0.2) is 9.97 Å². The Hall–Kier alpha value is -4.38. The largest absolute Gasteiger partial charge is 0.355 e. The van der Waals surface area contributed by atoms with Crippen molar-refractivity contribution in [1.29, 1.82) is 0 Å². The molecule has 1 amide bonds. The molecule has 2 saturated heterocycles. The summed E-state index contributed by atoms with van der Waals surface area (Å²) >= 11 is 0. The molecule has 0 radical (unpaired) electrons. The van der Waals surface area contributed by atoms with Gasteiger partial charge in [-0.3, -0.25) is 9.79 Å². The molecule has 2 fully saturated rings. The van der Waals surface area contributed by atoms with Gasteiger partial charge in [-0.05, 0) is 60.4 Å². The fourth-order valence-electron chi connectivity index (χ4n) is 6.89. The molecule has 5 heterocycles. The fourth-order valence-corrected chi connectivity index (χ4v) is 6.89. The van der Waals surface area contributed by atoms with Gasteiger partial charge in [-0.2, -0.15) is 0 Å². The quantitative estimate of drug-likeness (QED) is 0.226. The summed E-state index contributed by atoms with van der Waals surface area (Å²) in [5, 5.41) is 6.58. The fraction of sp³-hybridized carbons (Fsp3) is 0.412. The minimum absolute atomic E-state index is 0.0596. The number of H-pyrrole nitrogens is 2. The zero-order chi connectivity index (χ0) is 30.9. The van der Waals surface area contributed by atoms with Crippen molar-refractivity contribution in [2.75, 3.05) is 26.2 Å². The topological polar surface area (TPSA) is 117 Å². The minimum Gasteiger partial charge on any atom is -0.355 e. The number of carbonyl (C=O) groups excluding carboxylic acids is 1. The summed E-state index contributed by atoms with van der Waals surface area (Å²) < 4.78 is 0. The van der Waals surface area contributed by atoms with Crippen LogP contribution in [0.15, 0.2) is 65.9 Å². The lowest BCUT2D eigenvalue weighted by atomic mass is 10.0. The molecule has 4 N–H and O–H groups in total. The van der Waals surface area contributed by atoms with Crippen LogP contribution in [0.25, 0.3) is 33.6 Å². The first-order valence-electron chi connectivity index (χ1n) is 16.3. The predicted octanol–water partition coefficient (Wildman–Crippen LogP) is 4.06. The van der Waals surface area contributed by atoms with E-state index in [2.05, 4.69) is 106 Å². The Morgan fingerprint density at radius 1 is 0.844 bits per heavy atom. The number of benzene rings is 2. The molecule has 232 valence electrons. The molecule has 3 aliphatic heterocycles. The number of nitrogens with one attached hydrogen (secondary N) is 4. The Morgan fingerprint density at radius 2 is 1.40 bits per heavy atom. The van der Waals surface area contributed by atoms with E-state index in [0.717, 1.165) is 96.7 Å². The Bertz CT molecular complexity index is 1660. The molecule has 0 spiro atoms. The van der Waals surface area contributed by atoms with E-state index in [1.807, 2.05) is 17.3 Å². The maximum Gasteiger partial charge on any atom is 0.246 e. The third kappa shape index (κ3) is 6.01. The summed E-state index contributed by atoms with van der Waals surface area (Å²) in [7, 11) is 2.17. The molecule has 4 aromatic rings. The van der Waals surface area contributed by atoms with Crippen molar-refractivity contribution in [2.24, 2.45) is 10.9 Å². The third-order valence-electron chi connectivity index (χ3n) is 9.50. The second kappa shape index (κ2) is 12.6. The number of amides is 1. The monoisotopic (exact) mass is 603 g/mol. The van der Waals surface area contributed by atoms with E-state index in [9.17, 15) is 4.79 Å².